The molecule has 0 aromatic carbocycles. The summed E-state index contributed by atoms with van der Waals surface area (Å²) in [5.74, 6) is -0.0719. The van der Waals surface area contributed by atoms with Gasteiger partial charge in [-0.05, 0) is 25.2 Å². The summed E-state index contributed by atoms with van der Waals surface area (Å²) >= 11 is 0. The maximum atomic E-state index is 12.7. The van der Waals surface area contributed by atoms with Gasteiger partial charge in [-0.1, -0.05) is 233 Å². The third-order valence-electron chi connectivity index (χ3n) is 11.0. The molecule has 0 aromatic heterocycles. The van der Waals surface area contributed by atoms with Gasteiger partial charge in [0, 0.05) is 19.3 Å². The van der Waals surface area contributed by atoms with Crippen LogP contribution in [0.2, 0.25) is 0 Å². The Hall–Kier alpha value is -1.59. The molecule has 0 radical (unpaired) electrons. The molecule has 0 saturated carbocycles. The summed E-state index contributed by atoms with van der Waals surface area (Å²) in [7, 11) is 0. The van der Waals surface area contributed by atoms with Crippen LogP contribution in [0.15, 0.2) is 0 Å². The third-order valence-corrected chi connectivity index (χ3v) is 11.0. The van der Waals surface area contributed by atoms with Crippen LogP contribution in [0, 0.1) is 5.92 Å². The number of hydrogen-bond donors (Lipinski definition) is 0. The molecule has 326 valence electrons. The fourth-order valence-electron chi connectivity index (χ4n) is 7.33. The lowest BCUT2D eigenvalue weighted by atomic mass is 10.0. The molecule has 1 atom stereocenters. The van der Waals surface area contributed by atoms with Gasteiger partial charge in [0.1, 0.15) is 13.2 Å². The van der Waals surface area contributed by atoms with Gasteiger partial charge in [0.25, 0.3) is 0 Å². The predicted octanol–water partition coefficient (Wildman–Crippen LogP) is 15.5. The highest BCUT2D eigenvalue weighted by Crippen LogP contribution is 2.16. The highest BCUT2D eigenvalue weighted by atomic mass is 16.6. The number of carbonyl (C=O) groups excluding carboxylic acids is 3. The van der Waals surface area contributed by atoms with Crippen molar-refractivity contribution < 1.29 is 28.6 Å². The Morgan fingerprint density at radius 3 is 0.891 bits per heavy atom. The van der Waals surface area contributed by atoms with Crippen LogP contribution >= 0.6 is 0 Å². The number of unbranched alkanes of at least 4 members (excludes halogenated alkanes) is 31. The summed E-state index contributed by atoms with van der Waals surface area (Å²) in [6.45, 7) is 8.95. The van der Waals surface area contributed by atoms with E-state index >= 15 is 0 Å². The van der Waals surface area contributed by atoms with Gasteiger partial charge in [0.15, 0.2) is 6.10 Å². The average Bonchev–Trinajstić information content (AvgIpc) is 3.17. The van der Waals surface area contributed by atoms with Crippen LogP contribution < -0.4 is 0 Å². The zero-order valence-electron chi connectivity index (χ0n) is 37.4. The van der Waals surface area contributed by atoms with Gasteiger partial charge in [-0.2, -0.15) is 0 Å². The molecule has 0 bridgehead atoms. The van der Waals surface area contributed by atoms with Crippen molar-refractivity contribution in [1.29, 1.82) is 0 Å². The van der Waals surface area contributed by atoms with Gasteiger partial charge >= 0.3 is 17.9 Å². The third kappa shape index (κ3) is 43.4. The van der Waals surface area contributed by atoms with Crippen LogP contribution in [0.25, 0.3) is 0 Å². The van der Waals surface area contributed by atoms with Crippen molar-refractivity contribution in [3.63, 3.8) is 0 Å². The van der Waals surface area contributed by atoms with E-state index < -0.39 is 6.10 Å². The molecule has 0 rings (SSSR count). The molecule has 0 amide bonds. The molecule has 55 heavy (non-hydrogen) atoms. The summed E-state index contributed by atoms with van der Waals surface area (Å²) < 4.78 is 16.7. The minimum absolute atomic E-state index is 0.0640. The van der Waals surface area contributed by atoms with Crippen LogP contribution in [0.1, 0.15) is 272 Å². The Morgan fingerprint density at radius 2 is 0.600 bits per heavy atom. The summed E-state index contributed by atoms with van der Waals surface area (Å²) in [4.78, 5) is 37.7. The summed E-state index contributed by atoms with van der Waals surface area (Å²) in [5.41, 5.74) is 0. The maximum absolute atomic E-state index is 12.7. The van der Waals surface area contributed by atoms with E-state index in [1.54, 1.807) is 0 Å². The summed E-state index contributed by atoms with van der Waals surface area (Å²) in [6, 6.07) is 0. The Bertz CT molecular complexity index is 826. The molecular formula is C49H94O6. The minimum Gasteiger partial charge on any atom is -0.462 e. The average molecular weight is 779 g/mol. The van der Waals surface area contributed by atoms with Gasteiger partial charge in [-0.3, -0.25) is 14.4 Å². The highest BCUT2D eigenvalue weighted by Gasteiger charge is 2.19. The first-order valence-electron chi connectivity index (χ1n) is 24.4. The lowest BCUT2D eigenvalue weighted by molar-refractivity contribution is -0.167. The first-order chi connectivity index (χ1) is 26.9. The normalized spacial score (nSPS) is 11.9. The Labute approximate surface area is 342 Å². The number of ether oxygens (including phenoxy) is 3. The van der Waals surface area contributed by atoms with E-state index in [-0.39, 0.29) is 31.1 Å². The van der Waals surface area contributed by atoms with Crippen LogP contribution in [-0.2, 0) is 28.6 Å². The topological polar surface area (TPSA) is 78.9 Å². The van der Waals surface area contributed by atoms with E-state index in [9.17, 15) is 14.4 Å². The van der Waals surface area contributed by atoms with E-state index in [0.717, 1.165) is 63.7 Å². The van der Waals surface area contributed by atoms with Gasteiger partial charge < -0.3 is 14.2 Å². The maximum Gasteiger partial charge on any atom is 0.306 e. The second kappa shape index (κ2) is 43.5. The number of hydrogen-bond acceptors (Lipinski definition) is 6. The van der Waals surface area contributed by atoms with Crippen LogP contribution in [0.5, 0.6) is 0 Å². The number of carbonyl (C=O) groups is 3. The first-order valence-corrected chi connectivity index (χ1v) is 24.4. The molecule has 0 unspecified atom stereocenters. The molecule has 0 aromatic rings. The Balaban J connectivity index is 4.27. The molecule has 0 fully saturated rings. The molecule has 0 spiro atoms. The van der Waals surface area contributed by atoms with Crippen LogP contribution in [0.4, 0.5) is 0 Å². The molecule has 0 aliphatic rings. The number of esters is 3. The zero-order valence-corrected chi connectivity index (χ0v) is 37.4. The van der Waals surface area contributed by atoms with Crippen molar-refractivity contribution in [1.82, 2.24) is 0 Å². The summed E-state index contributed by atoms with van der Waals surface area (Å²) in [6.07, 6.45) is 43.8. The number of rotatable bonds is 44. The van der Waals surface area contributed by atoms with Crippen LogP contribution in [-0.4, -0.2) is 37.2 Å². The molecular weight excluding hydrogens is 685 g/mol. The SMILES string of the molecule is CCCCCCCCCCCCCCCCCCCC(=O)O[C@@H](COC(=O)CCCCCCCCCCCC)COC(=O)CCCCCCCCCC(C)C. The molecule has 0 N–H and O–H groups in total. The second-order valence-electron chi connectivity index (χ2n) is 17.2. The second-order valence-corrected chi connectivity index (χ2v) is 17.2. The minimum atomic E-state index is -0.759. The molecule has 6 heteroatoms. The predicted molar refractivity (Wildman–Crippen MR) is 233 cm³/mol. The van der Waals surface area contributed by atoms with E-state index in [2.05, 4.69) is 27.7 Å². The smallest absolute Gasteiger partial charge is 0.306 e. The standard InChI is InChI=1S/C49H94O6/c1-5-7-9-11-13-15-17-18-19-20-21-22-23-25-29-34-38-42-49(52)55-46(43-53-47(50)40-36-32-28-24-16-14-12-10-8-6-2)44-54-48(51)41-37-33-30-26-27-31-35-39-45(3)4/h45-46H,5-44H2,1-4H3/t46-/m0/s1. The largest absolute Gasteiger partial charge is 0.462 e. The van der Waals surface area contributed by atoms with Crippen molar-refractivity contribution in [2.45, 2.75) is 278 Å². The van der Waals surface area contributed by atoms with Crippen molar-refractivity contribution >= 4 is 17.9 Å². The van der Waals surface area contributed by atoms with Gasteiger partial charge in [-0.15, -0.1) is 0 Å². The monoisotopic (exact) mass is 779 g/mol. The fourth-order valence-corrected chi connectivity index (χ4v) is 7.33. The van der Waals surface area contributed by atoms with Crippen molar-refractivity contribution in [2.24, 2.45) is 5.92 Å². The molecule has 0 saturated heterocycles. The van der Waals surface area contributed by atoms with Crippen LogP contribution in [0.3, 0.4) is 0 Å². The van der Waals surface area contributed by atoms with E-state index in [0.29, 0.717) is 19.3 Å². The fraction of sp³-hybridized carbons (Fsp3) is 0.939. The molecule has 0 aliphatic carbocycles. The zero-order chi connectivity index (χ0) is 40.3. The van der Waals surface area contributed by atoms with E-state index in [1.807, 2.05) is 0 Å². The van der Waals surface area contributed by atoms with Gasteiger partial charge in [-0.25, -0.2) is 0 Å². The van der Waals surface area contributed by atoms with Crippen molar-refractivity contribution in [2.75, 3.05) is 13.2 Å². The Kier molecular flexibility index (Phi) is 42.3. The highest BCUT2D eigenvalue weighted by molar-refractivity contribution is 5.71. The molecule has 0 aliphatic heterocycles. The van der Waals surface area contributed by atoms with Gasteiger partial charge in [0.05, 0.1) is 0 Å². The van der Waals surface area contributed by atoms with Crippen molar-refractivity contribution in [3.8, 4) is 0 Å². The van der Waals surface area contributed by atoms with E-state index in [4.69, 9.17) is 14.2 Å². The Morgan fingerprint density at radius 1 is 0.345 bits per heavy atom. The molecule has 0 heterocycles. The quantitative estimate of drug-likeness (QED) is 0.0348. The lowest BCUT2D eigenvalue weighted by Gasteiger charge is -2.18. The summed E-state index contributed by atoms with van der Waals surface area (Å²) in [5, 5.41) is 0. The van der Waals surface area contributed by atoms with Crippen molar-refractivity contribution in [3.05, 3.63) is 0 Å². The molecule has 6 nitrogen and oxygen atoms in total. The first kappa shape index (κ1) is 53.4. The van der Waals surface area contributed by atoms with Gasteiger partial charge in [0.2, 0.25) is 0 Å². The lowest BCUT2D eigenvalue weighted by Crippen LogP contribution is -2.30. The van der Waals surface area contributed by atoms with E-state index in [1.165, 1.54) is 167 Å².